The highest BCUT2D eigenvalue weighted by Gasteiger charge is 2.33. The molecule has 0 aliphatic carbocycles. The Bertz CT molecular complexity index is 3230. The summed E-state index contributed by atoms with van der Waals surface area (Å²) in [4.78, 5) is 51.2. The number of carbonyl (C=O) groups excluding carboxylic acids is 2. The first-order valence-corrected chi connectivity index (χ1v) is 23.2. The SMILES string of the molecule is CCc1c2[nH]c(c1C)/C=c1\[nH]/c(c(C)c1CC)=C(/[n+]1cc[nH]c1)C1N=C(C=c3[nH]c(c(C)c3CCC(=O)NCc3ccccc3)=C2[n+]2cc[nH]c2)C(CCC(=O)NCc2ccccc2)=C1C. The number of fused-ring (bicyclic) bond motifs is 7. The summed E-state index contributed by atoms with van der Waals surface area (Å²) in [5, 5.41) is 10.2. The van der Waals surface area contributed by atoms with Crippen LogP contribution in [0.15, 0.2) is 114 Å². The Labute approximate surface area is 384 Å². The van der Waals surface area contributed by atoms with Gasteiger partial charge in [-0.05, 0) is 121 Å². The first kappa shape index (κ1) is 43.8. The van der Waals surface area contributed by atoms with Crippen LogP contribution in [0.5, 0.6) is 0 Å². The van der Waals surface area contributed by atoms with Crippen molar-refractivity contribution in [1.29, 1.82) is 0 Å². The first-order chi connectivity index (χ1) is 32.1. The summed E-state index contributed by atoms with van der Waals surface area (Å²) in [6.07, 6.45) is 19.5. The molecule has 0 radical (unpaired) electrons. The minimum Gasteiger partial charge on any atom is -0.352 e. The molecule has 7 aromatic rings. The van der Waals surface area contributed by atoms with Crippen LogP contribution in [0.2, 0.25) is 0 Å². The third-order valence-electron chi connectivity index (χ3n) is 13.5. The number of aliphatic imine (C=N–C) groups is 1. The van der Waals surface area contributed by atoms with Crippen LogP contribution in [0, 0.1) is 20.8 Å². The van der Waals surface area contributed by atoms with Gasteiger partial charge in [0.05, 0.1) is 22.1 Å². The summed E-state index contributed by atoms with van der Waals surface area (Å²) < 4.78 is 4.27. The van der Waals surface area contributed by atoms with Crippen molar-refractivity contribution in [3.63, 3.8) is 0 Å². The molecule has 336 valence electrons. The van der Waals surface area contributed by atoms with Crippen LogP contribution < -0.4 is 41.2 Å². The average molecular weight is 881 g/mol. The smallest absolute Gasteiger partial charge is 0.246 e. The second-order valence-electron chi connectivity index (χ2n) is 17.4. The molecule has 12 nitrogen and oxygen atoms in total. The summed E-state index contributed by atoms with van der Waals surface area (Å²) >= 11 is 0. The molecule has 9 rings (SSSR count). The van der Waals surface area contributed by atoms with Crippen LogP contribution in [-0.2, 0) is 41.9 Å². The van der Waals surface area contributed by atoms with Crippen molar-refractivity contribution < 1.29 is 18.7 Å². The molecule has 0 spiro atoms. The molecule has 5 aromatic heterocycles. The van der Waals surface area contributed by atoms with Gasteiger partial charge in [-0.2, -0.15) is 4.57 Å². The van der Waals surface area contributed by atoms with Crippen molar-refractivity contribution in [3.05, 3.63) is 187 Å². The van der Waals surface area contributed by atoms with E-state index in [2.05, 4.69) is 98.4 Å². The summed E-state index contributed by atoms with van der Waals surface area (Å²) in [6.45, 7) is 14.1. The van der Waals surface area contributed by atoms with E-state index in [-0.39, 0.29) is 17.9 Å². The summed E-state index contributed by atoms with van der Waals surface area (Å²) in [6, 6.07) is 19.6. The molecule has 0 saturated heterocycles. The summed E-state index contributed by atoms with van der Waals surface area (Å²) in [5.74, 6) is -0.0402. The van der Waals surface area contributed by atoms with Gasteiger partial charge >= 0.3 is 0 Å². The second kappa shape index (κ2) is 18.9. The molecule has 2 aliphatic heterocycles. The number of aromatic nitrogens is 7. The topological polar surface area (TPSA) is 157 Å². The Morgan fingerprint density at radius 2 is 1.23 bits per heavy atom. The zero-order valence-electron chi connectivity index (χ0n) is 38.8. The van der Waals surface area contributed by atoms with E-state index in [1.165, 1.54) is 22.3 Å². The number of benzene rings is 2. The van der Waals surface area contributed by atoms with Gasteiger partial charge in [0.1, 0.15) is 30.8 Å². The molecule has 12 heteroatoms. The minimum absolute atomic E-state index is 0.0195. The van der Waals surface area contributed by atoms with Gasteiger partial charge in [-0.1, -0.05) is 74.5 Å². The van der Waals surface area contributed by atoms with E-state index in [1.54, 1.807) is 0 Å². The van der Waals surface area contributed by atoms with Crippen LogP contribution in [0.25, 0.3) is 23.5 Å². The molecular weight excluding hydrogens is 821 g/mol. The van der Waals surface area contributed by atoms with Gasteiger partial charge in [0.2, 0.25) is 24.5 Å². The number of carbonyl (C=O) groups is 2. The fourth-order valence-electron chi connectivity index (χ4n) is 9.86. The number of hydrogen-bond acceptors (Lipinski definition) is 3. The molecule has 7 N–H and O–H groups in total. The first-order valence-electron chi connectivity index (χ1n) is 23.2. The Balaban J connectivity index is 1.27. The van der Waals surface area contributed by atoms with E-state index in [0.717, 1.165) is 96.1 Å². The standard InChI is InChI=1S/C54H58N10O2/c1-7-39-34(4)49-53(63-25-23-55-31-63)50-35(5)41(19-21-47(65)57-29-37-15-11-9-12-16-37)45(61-50)28-46-42(20-22-48(66)58-30-38-17-13-10-14-18-38)36(6)51(62-46)54(64-26-24-56-32-64)52-40(8-2)33(3)43(59-52)27-44(39)60-49/h9-18,23-28,31-32,50H,7-8,19-22,29-30H2,1-6H3,(H5,57,58,59,60,61,62,65,66)/p+2/b53-49+. The Morgan fingerprint density at radius 3 is 1.83 bits per heavy atom. The zero-order valence-corrected chi connectivity index (χ0v) is 38.8. The van der Waals surface area contributed by atoms with Crippen LogP contribution in [0.1, 0.15) is 95.9 Å². The molecule has 1 atom stereocenters. The maximum Gasteiger partial charge on any atom is 0.246 e. The second-order valence-corrected chi connectivity index (χ2v) is 17.4. The van der Waals surface area contributed by atoms with Crippen molar-refractivity contribution >= 4 is 41.1 Å². The predicted molar refractivity (Wildman–Crippen MR) is 259 cm³/mol. The number of nitrogens with zero attached hydrogens (tertiary/aromatic N) is 3. The van der Waals surface area contributed by atoms with Gasteiger partial charge in [-0.15, -0.1) is 0 Å². The molecule has 2 aromatic carbocycles. The molecule has 66 heavy (non-hydrogen) atoms. The van der Waals surface area contributed by atoms with E-state index in [0.29, 0.717) is 38.8 Å². The van der Waals surface area contributed by atoms with Crippen molar-refractivity contribution in [1.82, 2.24) is 35.6 Å². The van der Waals surface area contributed by atoms with Crippen LogP contribution in [0.3, 0.4) is 0 Å². The number of H-pyrrole nitrogens is 5. The third kappa shape index (κ3) is 8.58. The van der Waals surface area contributed by atoms with Crippen molar-refractivity contribution in [2.24, 2.45) is 4.99 Å². The molecule has 1 unspecified atom stereocenters. The lowest BCUT2D eigenvalue weighted by Gasteiger charge is -2.12. The maximum absolute atomic E-state index is 13.6. The Hall–Kier alpha value is -7.47. The zero-order chi connectivity index (χ0) is 45.9. The average Bonchev–Trinajstić information content (AvgIpc) is 4.21. The van der Waals surface area contributed by atoms with E-state index >= 15 is 0 Å². The molecule has 0 fully saturated rings. The van der Waals surface area contributed by atoms with Gasteiger partial charge in [-0.25, -0.2) is 14.5 Å². The molecule has 2 aliphatic rings. The fourth-order valence-corrected chi connectivity index (χ4v) is 9.86. The molecule has 7 heterocycles. The highest BCUT2D eigenvalue weighted by Crippen LogP contribution is 2.30. The van der Waals surface area contributed by atoms with Crippen molar-refractivity contribution in [2.75, 3.05) is 0 Å². The number of amides is 2. The number of nitrogens with one attached hydrogen (secondary N) is 7. The van der Waals surface area contributed by atoms with Crippen molar-refractivity contribution in [3.8, 4) is 0 Å². The fraction of sp³-hybridized carbons (Fsp3) is 0.278. The highest BCUT2D eigenvalue weighted by molar-refractivity contribution is 6.23. The maximum atomic E-state index is 13.6. The largest absolute Gasteiger partial charge is 0.352 e. The van der Waals surface area contributed by atoms with Crippen LogP contribution >= 0.6 is 0 Å². The Morgan fingerprint density at radius 1 is 0.652 bits per heavy atom. The number of aromatic amines is 5. The summed E-state index contributed by atoms with van der Waals surface area (Å²) in [5.41, 5.74) is 16.0. The lowest BCUT2D eigenvalue weighted by molar-refractivity contribution is -0.583. The number of imidazole rings is 2. The third-order valence-corrected chi connectivity index (χ3v) is 13.5. The predicted octanol–water partition coefficient (Wildman–Crippen LogP) is 4.42. The number of rotatable bonds is 14. The van der Waals surface area contributed by atoms with Gasteiger partial charge in [0.15, 0.2) is 11.4 Å². The monoisotopic (exact) mass is 880 g/mol. The van der Waals surface area contributed by atoms with Gasteiger partial charge in [-0.3, -0.25) is 14.6 Å². The van der Waals surface area contributed by atoms with Gasteiger partial charge < -0.3 is 25.6 Å². The van der Waals surface area contributed by atoms with Crippen LogP contribution in [-0.4, -0.2) is 48.5 Å². The van der Waals surface area contributed by atoms with Gasteiger partial charge in [0, 0.05) is 42.3 Å². The summed E-state index contributed by atoms with van der Waals surface area (Å²) in [7, 11) is 0. The van der Waals surface area contributed by atoms with Crippen molar-refractivity contribution in [2.45, 2.75) is 99.2 Å². The normalized spacial score (nSPS) is 15.9. The number of allylic oxidation sites excluding steroid dienone is 1. The minimum atomic E-state index is -0.368. The molecule has 0 saturated carbocycles. The van der Waals surface area contributed by atoms with E-state index < -0.39 is 0 Å². The van der Waals surface area contributed by atoms with E-state index in [1.807, 2.05) is 98.1 Å². The molecule has 8 bridgehead atoms. The lowest BCUT2D eigenvalue weighted by atomic mass is 9.96. The van der Waals surface area contributed by atoms with Gasteiger partial charge in [0.25, 0.3) is 0 Å². The van der Waals surface area contributed by atoms with Crippen LogP contribution in [0.4, 0.5) is 0 Å². The quantitative estimate of drug-likeness (QED) is 0.0809. The molecular formula is C54H60N10O2+2. The Kier molecular flexibility index (Phi) is 12.6. The number of hydrogen-bond donors (Lipinski definition) is 7. The highest BCUT2D eigenvalue weighted by atomic mass is 16.2. The lowest BCUT2D eigenvalue weighted by Crippen LogP contribution is -2.42. The van der Waals surface area contributed by atoms with E-state index in [4.69, 9.17) is 4.99 Å². The van der Waals surface area contributed by atoms with E-state index in [9.17, 15) is 9.59 Å². The molecule has 2 amide bonds.